The Balaban J connectivity index is 0.00000182. The molecule has 0 fully saturated rings. The van der Waals surface area contributed by atoms with Crippen LogP contribution in [0.5, 0.6) is 11.5 Å². The summed E-state index contributed by atoms with van der Waals surface area (Å²) >= 11 is 1.51. The summed E-state index contributed by atoms with van der Waals surface area (Å²) in [5.41, 5.74) is 1.73. The fourth-order valence-corrected chi connectivity index (χ4v) is 3.18. The topological polar surface area (TPSA) is 81.7 Å². The van der Waals surface area contributed by atoms with E-state index in [2.05, 4.69) is 15.6 Å². The molecule has 0 unspecified atom stereocenters. The minimum atomic E-state index is -0.0314. The maximum atomic E-state index is 12.0. The molecule has 7 nitrogen and oxygen atoms in total. The Labute approximate surface area is 174 Å². The lowest BCUT2D eigenvalue weighted by Gasteiger charge is -2.05. The number of hydrogen-bond acceptors (Lipinski definition) is 7. The Morgan fingerprint density at radius 2 is 2.04 bits per heavy atom. The number of carbonyl (C=O) groups excluding carboxylic acids is 1. The number of rotatable bonds is 9. The van der Waals surface area contributed by atoms with Crippen LogP contribution in [0.25, 0.3) is 10.6 Å². The first-order valence-electron chi connectivity index (χ1n) is 8.07. The van der Waals surface area contributed by atoms with Crippen molar-refractivity contribution in [3.05, 3.63) is 29.3 Å². The quantitative estimate of drug-likeness (QED) is 0.587. The highest BCUT2D eigenvalue weighted by atomic mass is 35.5. The monoisotopic (exact) mass is 435 g/mol. The summed E-state index contributed by atoms with van der Waals surface area (Å²) in [6, 6.07) is 5.74. The van der Waals surface area contributed by atoms with Crippen molar-refractivity contribution < 1.29 is 19.0 Å². The number of nitrogens with one attached hydrogen (secondary N) is 2. The lowest BCUT2D eigenvalue weighted by molar-refractivity contribution is -0.120. The number of carbonyl (C=O) groups is 1. The molecule has 0 saturated heterocycles. The van der Waals surface area contributed by atoms with Crippen LogP contribution in [0.4, 0.5) is 0 Å². The zero-order valence-electron chi connectivity index (χ0n) is 14.9. The molecule has 1 aliphatic heterocycles. The van der Waals surface area contributed by atoms with Crippen LogP contribution < -0.4 is 20.1 Å². The summed E-state index contributed by atoms with van der Waals surface area (Å²) in [5.74, 6) is 1.45. The molecule has 1 aliphatic rings. The second-order valence-corrected chi connectivity index (χ2v) is 6.34. The van der Waals surface area contributed by atoms with Gasteiger partial charge in [0.05, 0.1) is 18.7 Å². The van der Waals surface area contributed by atoms with Gasteiger partial charge in [0.15, 0.2) is 11.5 Å². The van der Waals surface area contributed by atoms with Crippen molar-refractivity contribution in [2.45, 2.75) is 6.42 Å². The zero-order valence-corrected chi connectivity index (χ0v) is 17.3. The number of fused-ring (bicyclic) bond motifs is 1. The van der Waals surface area contributed by atoms with Gasteiger partial charge in [-0.3, -0.25) is 4.79 Å². The minimum Gasteiger partial charge on any atom is -0.454 e. The van der Waals surface area contributed by atoms with Crippen molar-refractivity contribution in [2.75, 3.05) is 40.1 Å². The number of ether oxygens (including phenoxy) is 3. The summed E-state index contributed by atoms with van der Waals surface area (Å²) < 4.78 is 15.6. The van der Waals surface area contributed by atoms with Crippen molar-refractivity contribution >= 4 is 42.1 Å². The number of methoxy groups -OCH3 is 1. The maximum Gasteiger partial charge on any atom is 0.231 e. The van der Waals surface area contributed by atoms with Gasteiger partial charge in [-0.2, -0.15) is 0 Å². The van der Waals surface area contributed by atoms with Gasteiger partial charge in [0.2, 0.25) is 12.7 Å². The van der Waals surface area contributed by atoms with E-state index in [4.69, 9.17) is 14.2 Å². The van der Waals surface area contributed by atoms with Gasteiger partial charge < -0.3 is 24.8 Å². The van der Waals surface area contributed by atoms with E-state index in [1.807, 2.05) is 23.6 Å². The molecule has 0 bridgehead atoms. The smallest absolute Gasteiger partial charge is 0.231 e. The largest absolute Gasteiger partial charge is 0.454 e. The lowest BCUT2D eigenvalue weighted by atomic mass is 10.2. The standard InChI is InChI=1S/C17H21N3O4S.2ClH/c1-22-7-6-18-4-5-19-16(21)9-13-10-25-17(20-13)12-2-3-14-15(8-12)24-11-23-14;;/h2-3,8,10,18H,4-7,9,11H2,1H3,(H,19,21);2*1H. The fraction of sp³-hybridized carbons (Fsp3) is 0.412. The van der Waals surface area contributed by atoms with Crippen molar-refractivity contribution in [1.82, 2.24) is 15.6 Å². The lowest BCUT2D eigenvalue weighted by Crippen LogP contribution is -2.33. The second-order valence-electron chi connectivity index (χ2n) is 5.48. The molecule has 0 spiro atoms. The van der Waals surface area contributed by atoms with Gasteiger partial charge in [0.25, 0.3) is 0 Å². The van der Waals surface area contributed by atoms with Crippen LogP contribution >= 0.6 is 36.2 Å². The summed E-state index contributed by atoms with van der Waals surface area (Å²) in [5, 5.41) is 8.83. The molecule has 2 N–H and O–H groups in total. The molecular weight excluding hydrogens is 413 g/mol. The molecule has 2 heterocycles. The SMILES string of the molecule is COCCNCCNC(=O)Cc1csc(-c2ccc3c(c2)OCO3)n1.Cl.Cl. The molecule has 3 rings (SSSR count). The normalized spacial score (nSPS) is 11.4. The molecule has 150 valence electrons. The molecule has 0 saturated carbocycles. The van der Waals surface area contributed by atoms with Crippen molar-refractivity contribution in [1.29, 1.82) is 0 Å². The van der Waals surface area contributed by atoms with Gasteiger partial charge in [-0.15, -0.1) is 36.2 Å². The third-order valence-corrected chi connectivity index (χ3v) is 4.56. The van der Waals surface area contributed by atoms with Crippen molar-refractivity contribution in [2.24, 2.45) is 0 Å². The first kappa shape index (κ1) is 23.5. The van der Waals surface area contributed by atoms with Gasteiger partial charge in [-0.05, 0) is 18.2 Å². The van der Waals surface area contributed by atoms with E-state index in [-0.39, 0.29) is 43.9 Å². The Hall–Kier alpha value is -1.58. The highest BCUT2D eigenvalue weighted by Gasteiger charge is 2.15. The second kappa shape index (κ2) is 12.0. The van der Waals surface area contributed by atoms with E-state index >= 15 is 0 Å². The first-order valence-corrected chi connectivity index (χ1v) is 8.95. The Morgan fingerprint density at radius 3 is 2.85 bits per heavy atom. The minimum absolute atomic E-state index is 0. The van der Waals surface area contributed by atoms with Crippen LogP contribution in [0.15, 0.2) is 23.6 Å². The van der Waals surface area contributed by atoms with Crippen LogP contribution in [-0.4, -0.2) is 51.0 Å². The van der Waals surface area contributed by atoms with E-state index in [1.54, 1.807) is 7.11 Å². The average Bonchev–Trinajstić information content (AvgIpc) is 3.26. The van der Waals surface area contributed by atoms with E-state index in [9.17, 15) is 4.79 Å². The summed E-state index contributed by atoms with van der Waals surface area (Å²) in [4.78, 5) is 16.5. The van der Waals surface area contributed by atoms with Crippen LogP contribution in [0.1, 0.15) is 5.69 Å². The average molecular weight is 436 g/mol. The Morgan fingerprint density at radius 1 is 1.22 bits per heavy atom. The molecule has 2 aromatic rings. The molecule has 0 radical (unpaired) electrons. The summed E-state index contributed by atoms with van der Waals surface area (Å²) in [7, 11) is 1.66. The van der Waals surface area contributed by atoms with Gasteiger partial charge in [-0.25, -0.2) is 4.98 Å². The van der Waals surface area contributed by atoms with Gasteiger partial charge in [0.1, 0.15) is 5.01 Å². The molecule has 0 atom stereocenters. The third kappa shape index (κ3) is 6.82. The summed E-state index contributed by atoms with van der Waals surface area (Å²) in [6.45, 7) is 2.99. The van der Waals surface area contributed by atoms with Gasteiger partial charge in [0, 0.05) is 37.7 Å². The van der Waals surface area contributed by atoms with Gasteiger partial charge >= 0.3 is 0 Å². The number of nitrogens with zero attached hydrogens (tertiary/aromatic N) is 1. The summed E-state index contributed by atoms with van der Waals surface area (Å²) in [6.07, 6.45) is 0.277. The number of hydrogen-bond donors (Lipinski definition) is 2. The van der Waals surface area contributed by atoms with Crippen molar-refractivity contribution in [3.8, 4) is 22.1 Å². The number of aromatic nitrogens is 1. The van der Waals surface area contributed by atoms with E-state index in [1.165, 1.54) is 11.3 Å². The highest BCUT2D eigenvalue weighted by molar-refractivity contribution is 7.13. The number of halogens is 2. The predicted octanol–water partition coefficient (Wildman–Crippen LogP) is 2.28. The number of amides is 1. The zero-order chi connectivity index (χ0) is 17.5. The number of thiazole rings is 1. The van der Waals surface area contributed by atoms with Crippen LogP contribution in [0, 0.1) is 0 Å². The van der Waals surface area contributed by atoms with Gasteiger partial charge in [-0.1, -0.05) is 0 Å². The molecular formula is C17H23Cl2N3O4S. The molecule has 27 heavy (non-hydrogen) atoms. The molecule has 1 amide bonds. The first-order chi connectivity index (χ1) is 12.3. The molecule has 10 heteroatoms. The van der Waals surface area contributed by atoms with Crippen LogP contribution in [0.3, 0.4) is 0 Å². The van der Waals surface area contributed by atoms with E-state index < -0.39 is 0 Å². The fourth-order valence-electron chi connectivity index (χ4n) is 2.37. The molecule has 1 aromatic carbocycles. The van der Waals surface area contributed by atoms with Crippen LogP contribution in [0.2, 0.25) is 0 Å². The van der Waals surface area contributed by atoms with E-state index in [0.29, 0.717) is 19.7 Å². The molecule has 0 aliphatic carbocycles. The Bertz CT molecular complexity index is 730. The highest BCUT2D eigenvalue weighted by Crippen LogP contribution is 2.36. The number of benzene rings is 1. The maximum absolute atomic E-state index is 12.0. The third-order valence-electron chi connectivity index (χ3n) is 3.62. The predicted molar refractivity (Wildman–Crippen MR) is 110 cm³/mol. The molecule has 1 aromatic heterocycles. The Kier molecular flexibility index (Phi) is 10.4. The van der Waals surface area contributed by atoms with Crippen molar-refractivity contribution in [3.63, 3.8) is 0 Å². The van der Waals surface area contributed by atoms with Crippen LogP contribution in [-0.2, 0) is 16.0 Å². The van der Waals surface area contributed by atoms with E-state index in [0.717, 1.165) is 34.3 Å².